The normalized spacial score (nSPS) is 11.7. The molecular weight excluding hydrogens is 383 g/mol. The molecule has 0 saturated carbocycles. The second-order valence-corrected chi connectivity index (χ2v) is 7.16. The van der Waals surface area contributed by atoms with Gasteiger partial charge in [0.15, 0.2) is 0 Å². The zero-order valence-corrected chi connectivity index (χ0v) is 15.7. The van der Waals surface area contributed by atoms with Crippen molar-refractivity contribution >= 4 is 33.1 Å². The molecule has 0 fully saturated rings. The van der Waals surface area contributed by atoms with Crippen LogP contribution in [0, 0.1) is 0 Å². The van der Waals surface area contributed by atoms with Gasteiger partial charge in [-0.25, -0.2) is 9.97 Å². The minimum atomic E-state index is -4.40. The van der Waals surface area contributed by atoms with Gasteiger partial charge in [0, 0.05) is 16.6 Å². The predicted molar refractivity (Wildman–Crippen MR) is 107 cm³/mol. The smallest absolute Gasteiger partial charge is 0.340 e. The first-order valence-corrected chi connectivity index (χ1v) is 9.59. The summed E-state index contributed by atoms with van der Waals surface area (Å²) in [5.41, 5.74) is 2.83. The van der Waals surface area contributed by atoms with Gasteiger partial charge in [-0.2, -0.15) is 13.2 Å². The first-order chi connectivity index (χ1) is 13.5. The first kappa shape index (κ1) is 18.4. The summed E-state index contributed by atoms with van der Waals surface area (Å²) < 4.78 is 39.0. The summed E-state index contributed by atoms with van der Waals surface area (Å²) in [5.74, 6) is 0.486. The molecule has 4 aromatic rings. The topological polar surface area (TPSA) is 37.8 Å². The van der Waals surface area contributed by atoms with E-state index in [4.69, 9.17) is 0 Å². The van der Waals surface area contributed by atoms with Crippen LogP contribution in [-0.4, -0.2) is 9.97 Å². The van der Waals surface area contributed by atoms with E-state index in [-0.39, 0.29) is 0 Å². The minimum absolute atomic E-state index is 0.327. The van der Waals surface area contributed by atoms with Crippen molar-refractivity contribution in [3.8, 4) is 11.1 Å². The number of benzene rings is 2. The van der Waals surface area contributed by atoms with Crippen molar-refractivity contribution in [2.75, 3.05) is 5.32 Å². The molecule has 2 aromatic heterocycles. The summed E-state index contributed by atoms with van der Waals surface area (Å²) in [4.78, 5) is 9.37. The molecule has 0 aliphatic rings. The fraction of sp³-hybridized carbons (Fsp3) is 0.143. The van der Waals surface area contributed by atoms with Crippen molar-refractivity contribution < 1.29 is 13.2 Å². The van der Waals surface area contributed by atoms with E-state index in [0.717, 1.165) is 39.9 Å². The molecule has 0 amide bonds. The standard InChI is InChI=1S/C21H16F3N3S/c1-2-13-6-8-14(9-7-13)17-11-28-20-18(17)19(25-12-26-20)27-16-5-3-4-15(10-16)21(22,23)24/h3-12H,2H2,1H3,(H,25,26,27). The number of hydrogen-bond donors (Lipinski definition) is 1. The van der Waals surface area contributed by atoms with Crippen LogP contribution in [-0.2, 0) is 12.6 Å². The highest BCUT2D eigenvalue weighted by Crippen LogP contribution is 2.38. The third kappa shape index (κ3) is 3.57. The van der Waals surface area contributed by atoms with E-state index >= 15 is 0 Å². The Hall–Kier alpha value is -2.93. The summed E-state index contributed by atoms with van der Waals surface area (Å²) in [6.07, 6.45) is -2.03. The molecule has 2 aromatic carbocycles. The Kier molecular flexibility index (Phi) is 4.77. The highest BCUT2D eigenvalue weighted by molar-refractivity contribution is 7.17. The van der Waals surface area contributed by atoms with Crippen molar-refractivity contribution in [3.05, 3.63) is 71.4 Å². The number of fused-ring (bicyclic) bond motifs is 1. The third-order valence-electron chi connectivity index (χ3n) is 4.50. The molecule has 7 heteroatoms. The molecule has 0 saturated heterocycles. The van der Waals surface area contributed by atoms with Gasteiger partial charge in [-0.3, -0.25) is 0 Å². The second kappa shape index (κ2) is 7.24. The predicted octanol–water partition coefficient (Wildman–Crippen LogP) is 6.68. The fourth-order valence-electron chi connectivity index (χ4n) is 3.01. The Morgan fingerprint density at radius 2 is 1.82 bits per heavy atom. The van der Waals surface area contributed by atoms with Gasteiger partial charge in [-0.05, 0) is 35.7 Å². The lowest BCUT2D eigenvalue weighted by atomic mass is 10.0. The summed E-state index contributed by atoms with van der Waals surface area (Å²) in [7, 11) is 0. The van der Waals surface area contributed by atoms with Crippen LogP contribution in [0.4, 0.5) is 24.7 Å². The number of halogens is 3. The lowest BCUT2D eigenvalue weighted by molar-refractivity contribution is -0.137. The van der Waals surface area contributed by atoms with Crippen LogP contribution in [0.2, 0.25) is 0 Å². The van der Waals surface area contributed by atoms with E-state index in [9.17, 15) is 13.2 Å². The second-order valence-electron chi connectivity index (χ2n) is 6.31. The highest BCUT2D eigenvalue weighted by Gasteiger charge is 2.30. The molecule has 4 rings (SSSR count). The van der Waals surface area contributed by atoms with Crippen LogP contribution in [0.25, 0.3) is 21.3 Å². The Labute approximate surface area is 163 Å². The summed E-state index contributed by atoms with van der Waals surface area (Å²) >= 11 is 1.48. The molecule has 0 atom stereocenters. The van der Waals surface area contributed by atoms with E-state index in [1.807, 2.05) is 17.5 Å². The number of nitrogens with zero attached hydrogens (tertiary/aromatic N) is 2. The number of thiophene rings is 1. The Bertz CT molecular complexity index is 1120. The van der Waals surface area contributed by atoms with E-state index in [1.54, 1.807) is 6.07 Å². The lowest BCUT2D eigenvalue weighted by Crippen LogP contribution is -2.05. The molecular formula is C21H16F3N3S. The van der Waals surface area contributed by atoms with Gasteiger partial charge >= 0.3 is 6.18 Å². The minimum Gasteiger partial charge on any atom is -0.340 e. The van der Waals surface area contributed by atoms with Crippen molar-refractivity contribution in [3.63, 3.8) is 0 Å². The van der Waals surface area contributed by atoms with Gasteiger partial charge in [-0.15, -0.1) is 11.3 Å². The van der Waals surface area contributed by atoms with Gasteiger partial charge in [0.25, 0.3) is 0 Å². The number of hydrogen-bond acceptors (Lipinski definition) is 4. The number of alkyl halides is 3. The lowest BCUT2D eigenvalue weighted by Gasteiger charge is -2.11. The molecule has 0 aliphatic heterocycles. The van der Waals surface area contributed by atoms with Crippen molar-refractivity contribution in [2.45, 2.75) is 19.5 Å². The average Bonchev–Trinajstić information content (AvgIpc) is 3.13. The molecule has 0 radical (unpaired) electrons. The summed E-state index contributed by atoms with van der Waals surface area (Å²) in [5, 5.41) is 5.83. The molecule has 0 unspecified atom stereocenters. The van der Waals surface area contributed by atoms with Gasteiger partial charge in [0.05, 0.1) is 10.9 Å². The molecule has 2 heterocycles. The summed E-state index contributed by atoms with van der Waals surface area (Å²) in [6.45, 7) is 2.10. The SMILES string of the molecule is CCc1ccc(-c2csc3ncnc(Nc4cccc(C(F)(F)F)c4)c23)cc1. The van der Waals surface area contributed by atoms with E-state index in [2.05, 4.69) is 34.3 Å². The van der Waals surface area contributed by atoms with E-state index in [0.29, 0.717) is 11.5 Å². The fourth-order valence-corrected chi connectivity index (χ4v) is 3.93. The molecule has 0 aliphatic carbocycles. The monoisotopic (exact) mass is 399 g/mol. The average molecular weight is 399 g/mol. The molecule has 142 valence electrons. The van der Waals surface area contributed by atoms with Crippen LogP contribution in [0.1, 0.15) is 18.1 Å². The third-order valence-corrected chi connectivity index (χ3v) is 5.38. The first-order valence-electron chi connectivity index (χ1n) is 8.71. The molecule has 3 nitrogen and oxygen atoms in total. The number of anilines is 2. The largest absolute Gasteiger partial charge is 0.416 e. The number of aryl methyl sites for hydroxylation is 1. The van der Waals surface area contributed by atoms with Crippen molar-refractivity contribution in [1.29, 1.82) is 0 Å². The molecule has 28 heavy (non-hydrogen) atoms. The number of nitrogens with one attached hydrogen (secondary N) is 1. The van der Waals surface area contributed by atoms with Gasteiger partial charge in [0.2, 0.25) is 0 Å². The van der Waals surface area contributed by atoms with E-state index < -0.39 is 11.7 Å². The zero-order chi connectivity index (χ0) is 19.7. The molecule has 0 bridgehead atoms. The highest BCUT2D eigenvalue weighted by atomic mass is 32.1. The Balaban J connectivity index is 1.77. The van der Waals surface area contributed by atoms with Gasteiger partial charge < -0.3 is 5.32 Å². The van der Waals surface area contributed by atoms with Crippen LogP contribution in [0.3, 0.4) is 0 Å². The molecule has 1 N–H and O–H groups in total. The quantitative estimate of drug-likeness (QED) is 0.416. The zero-order valence-electron chi connectivity index (χ0n) is 14.9. The van der Waals surface area contributed by atoms with Crippen LogP contribution >= 0.6 is 11.3 Å². The maximum absolute atomic E-state index is 13.0. The van der Waals surface area contributed by atoms with Crippen LogP contribution in [0.5, 0.6) is 0 Å². The van der Waals surface area contributed by atoms with Gasteiger partial charge in [-0.1, -0.05) is 37.3 Å². The van der Waals surface area contributed by atoms with Crippen molar-refractivity contribution in [1.82, 2.24) is 9.97 Å². The van der Waals surface area contributed by atoms with Crippen LogP contribution < -0.4 is 5.32 Å². The summed E-state index contributed by atoms with van der Waals surface area (Å²) in [6, 6.07) is 13.3. The maximum Gasteiger partial charge on any atom is 0.416 e. The molecule has 0 spiro atoms. The Morgan fingerprint density at radius 3 is 2.54 bits per heavy atom. The van der Waals surface area contributed by atoms with Crippen molar-refractivity contribution in [2.24, 2.45) is 0 Å². The Morgan fingerprint density at radius 1 is 1.04 bits per heavy atom. The van der Waals surface area contributed by atoms with E-state index in [1.165, 1.54) is 29.3 Å². The van der Waals surface area contributed by atoms with Gasteiger partial charge in [0.1, 0.15) is 17.0 Å². The number of rotatable bonds is 4. The number of aromatic nitrogens is 2. The maximum atomic E-state index is 13.0. The van der Waals surface area contributed by atoms with Crippen LogP contribution in [0.15, 0.2) is 60.2 Å².